The van der Waals surface area contributed by atoms with Crippen LogP contribution in [-0.4, -0.2) is 398 Å². The van der Waals surface area contributed by atoms with Crippen molar-refractivity contribution in [3.05, 3.63) is 0 Å². The standard InChI is InChI=1S/C52H88N2O38/c1-11-23(61)29(67)34(72)47(79-11)78-10-20-41(42(22(45(77)82-20)54-15(5)60)90-48-35(73)30(68)24(62)12(2)80-48)88-46-21(53-14(4)59)28(66)39(18(8-57)85-46)87-51-38(76)43(91-50-37(75)32(70)26(64)16(6-55)83-50)40(19(9-58)86-51)89-52-44(33(71)27(65)17(7-56)84-52)92-49-36(74)31(69)25(63)13(3)81-49/h11-13,16-52,55-58,61-77H,6-10H2,1-5H3,(H,53,59)(H,54,60)/t11-,12-,13-,16+,17+,18+,19+,20+,21+,22+,23+,24+,25+,26+,27-,28+,29+,30+,31+,32-,33-,34-,35-,36-,37-,38-,39+,40+,41+,42+,43+,44+,45+,46-,47+,48-,49-,50+,51-,52-/m0/s1. The minimum Gasteiger partial charge on any atom is -0.394 e. The summed E-state index contributed by atoms with van der Waals surface area (Å²) >= 11 is 0. The molecule has 40 atom stereocenters. The Hall–Kier alpha value is -2.50. The molecule has 23 N–H and O–H groups in total. The Kier molecular flexibility index (Phi) is 26.2. The van der Waals surface area contributed by atoms with Crippen molar-refractivity contribution in [2.24, 2.45) is 0 Å². The van der Waals surface area contributed by atoms with E-state index in [1.165, 1.54) is 20.8 Å². The fourth-order valence-electron chi connectivity index (χ4n) is 12.0. The maximum Gasteiger partial charge on any atom is 0.217 e. The Labute approximate surface area is 522 Å². The summed E-state index contributed by atoms with van der Waals surface area (Å²) < 4.78 is 89.1. The monoisotopic (exact) mass is 1350 g/mol. The number of nitrogens with one attached hydrogen (secondary N) is 2. The van der Waals surface area contributed by atoms with Crippen LogP contribution in [0.3, 0.4) is 0 Å². The maximum atomic E-state index is 13.2. The molecule has 8 saturated heterocycles. The number of amides is 2. The molecule has 0 saturated carbocycles. The summed E-state index contributed by atoms with van der Waals surface area (Å²) in [7, 11) is 0. The van der Waals surface area contributed by atoms with Gasteiger partial charge in [0.1, 0.15) is 177 Å². The molecule has 0 radical (unpaired) electrons. The molecular formula is C52H88N2O38. The first kappa shape index (κ1) is 75.3. The van der Waals surface area contributed by atoms with E-state index in [1.54, 1.807) is 0 Å². The number of ether oxygens (including phenoxy) is 15. The van der Waals surface area contributed by atoms with Crippen molar-refractivity contribution in [2.75, 3.05) is 33.0 Å². The molecule has 8 rings (SSSR count). The van der Waals surface area contributed by atoms with Crippen molar-refractivity contribution in [1.29, 1.82) is 0 Å². The van der Waals surface area contributed by atoms with E-state index >= 15 is 0 Å². The van der Waals surface area contributed by atoms with Crippen LogP contribution in [0, 0.1) is 0 Å². The van der Waals surface area contributed by atoms with Gasteiger partial charge in [0.05, 0.1) is 51.3 Å². The zero-order valence-electron chi connectivity index (χ0n) is 50.0. The minimum absolute atomic E-state index is 0.845. The molecule has 0 aromatic rings. The van der Waals surface area contributed by atoms with Crippen LogP contribution in [0.4, 0.5) is 0 Å². The molecule has 92 heavy (non-hydrogen) atoms. The van der Waals surface area contributed by atoms with Crippen molar-refractivity contribution < 1.29 is 188 Å². The molecular weight excluding hydrogens is 1260 g/mol. The van der Waals surface area contributed by atoms with Gasteiger partial charge in [0.2, 0.25) is 11.8 Å². The summed E-state index contributed by atoms with van der Waals surface area (Å²) in [6.45, 7) is 0.603. The Bertz CT molecular complexity index is 2330. The predicted octanol–water partition coefficient (Wildman–Crippen LogP) is -15.1. The third kappa shape index (κ3) is 16.0. The summed E-state index contributed by atoms with van der Waals surface area (Å²) in [6, 6.07) is -3.72. The summed E-state index contributed by atoms with van der Waals surface area (Å²) in [5.74, 6) is -1.78. The van der Waals surface area contributed by atoms with E-state index in [1.807, 2.05) is 0 Å². The summed E-state index contributed by atoms with van der Waals surface area (Å²) in [5.41, 5.74) is 0. The van der Waals surface area contributed by atoms with Crippen LogP contribution in [0.15, 0.2) is 0 Å². The Morgan fingerprint density at radius 2 is 0.652 bits per heavy atom. The Morgan fingerprint density at radius 1 is 0.304 bits per heavy atom. The largest absolute Gasteiger partial charge is 0.394 e. The molecule has 8 aliphatic rings. The first-order chi connectivity index (χ1) is 43.4. The van der Waals surface area contributed by atoms with Gasteiger partial charge in [-0.3, -0.25) is 9.59 Å². The van der Waals surface area contributed by atoms with Gasteiger partial charge in [-0.05, 0) is 20.8 Å². The van der Waals surface area contributed by atoms with Gasteiger partial charge in [-0.1, -0.05) is 0 Å². The maximum absolute atomic E-state index is 13.2. The van der Waals surface area contributed by atoms with Gasteiger partial charge in [0.15, 0.2) is 50.3 Å². The first-order valence-corrected chi connectivity index (χ1v) is 29.7. The molecule has 8 aliphatic heterocycles. The number of carbonyl (C=O) groups excluding carboxylic acids is 2. The lowest BCUT2D eigenvalue weighted by atomic mass is 9.93. The molecule has 40 heteroatoms. The molecule has 0 aromatic heterocycles. The second kappa shape index (κ2) is 32.0. The van der Waals surface area contributed by atoms with Crippen LogP contribution in [0.25, 0.3) is 0 Å². The molecule has 40 nitrogen and oxygen atoms in total. The van der Waals surface area contributed by atoms with Crippen molar-refractivity contribution >= 4 is 11.8 Å². The Morgan fingerprint density at radius 3 is 1.16 bits per heavy atom. The molecule has 534 valence electrons. The number of aliphatic hydroxyl groups excluding tert-OH is 21. The molecule has 2 amide bonds. The van der Waals surface area contributed by atoms with Crippen molar-refractivity contribution in [3.8, 4) is 0 Å². The number of carbonyl (C=O) groups is 2. The fourth-order valence-corrected chi connectivity index (χ4v) is 12.0. The molecule has 0 aromatic carbocycles. The third-order valence-corrected chi connectivity index (χ3v) is 17.3. The zero-order valence-corrected chi connectivity index (χ0v) is 50.0. The van der Waals surface area contributed by atoms with Crippen LogP contribution < -0.4 is 10.6 Å². The molecule has 0 spiro atoms. The van der Waals surface area contributed by atoms with E-state index in [2.05, 4.69) is 10.6 Å². The quantitative estimate of drug-likeness (QED) is 0.0507. The predicted molar refractivity (Wildman–Crippen MR) is 283 cm³/mol. The minimum atomic E-state index is -2.43. The van der Waals surface area contributed by atoms with E-state index in [0.717, 1.165) is 13.8 Å². The van der Waals surface area contributed by atoms with Gasteiger partial charge < -0.3 is 189 Å². The average Bonchev–Trinajstić information content (AvgIpc) is 0.770. The topological polar surface area (TPSA) is 621 Å². The summed E-state index contributed by atoms with van der Waals surface area (Å²) in [5, 5.41) is 235. The van der Waals surface area contributed by atoms with E-state index in [4.69, 9.17) is 71.1 Å². The van der Waals surface area contributed by atoms with E-state index in [0.29, 0.717) is 0 Å². The van der Waals surface area contributed by atoms with E-state index in [-0.39, 0.29) is 0 Å². The van der Waals surface area contributed by atoms with Gasteiger partial charge in [0.25, 0.3) is 0 Å². The van der Waals surface area contributed by atoms with Crippen LogP contribution >= 0.6 is 0 Å². The van der Waals surface area contributed by atoms with Gasteiger partial charge in [-0.2, -0.15) is 0 Å². The zero-order chi connectivity index (χ0) is 67.8. The van der Waals surface area contributed by atoms with Crippen molar-refractivity contribution in [2.45, 2.75) is 280 Å². The second-order valence-electron chi connectivity index (χ2n) is 23.8. The molecule has 0 unspecified atom stereocenters. The number of rotatable bonds is 21. The first-order valence-electron chi connectivity index (χ1n) is 29.7. The molecule has 8 heterocycles. The van der Waals surface area contributed by atoms with E-state index in [9.17, 15) is 117 Å². The normalized spacial score (nSPS) is 52.1. The molecule has 0 aliphatic carbocycles. The number of aliphatic hydroxyl groups is 21. The van der Waals surface area contributed by atoms with E-state index < -0.39 is 290 Å². The van der Waals surface area contributed by atoms with Gasteiger partial charge in [-0.15, -0.1) is 0 Å². The van der Waals surface area contributed by atoms with Crippen molar-refractivity contribution in [3.63, 3.8) is 0 Å². The summed E-state index contributed by atoms with van der Waals surface area (Å²) in [6.07, 6.45) is -73.3. The smallest absolute Gasteiger partial charge is 0.217 e. The highest BCUT2D eigenvalue weighted by Gasteiger charge is 2.60. The number of hydrogen-bond acceptors (Lipinski definition) is 38. The highest BCUT2D eigenvalue weighted by Crippen LogP contribution is 2.40. The van der Waals surface area contributed by atoms with Gasteiger partial charge in [-0.25, -0.2) is 0 Å². The number of hydrogen-bond donors (Lipinski definition) is 23. The van der Waals surface area contributed by atoms with Crippen LogP contribution in [-0.2, 0) is 80.6 Å². The highest BCUT2D eigenvalue weighted by molar-refractivity contribution is 5.73. The average molecular weight is 1350 g/mol. The van der Waals surface area contributed by atoms with Crippen molar-refractivity contribution in [1.82, 2.24) is 10.6 Å². The van der Waals surface area contributed by atoms with Gasteiger partial charge >= 0.3 is 0 Å². The second-order valence-corrected chi connectivity index (χ2v) is 23.8. The lowest BCUT2D eigenvalue weighted by Crippen LogP contribution is -2.71. The highest BCUT2D eigenvalue weighted by atomic mass is 16.8. The van der Waals surface area contributed by atoms with Crippen LogP contribution in [0.1, 0.15) is 34.6 Å². The molecule has 8 fully saturated rings. The summed E-state index contributed by atoms with van der Waals surface area (Å²) in [4.78, 5) is 26.0. The molecule has 0 bridgehead atoms. The third-order valence-electron chi connectivity index (χ3n) is 17.3. The lowest BCUT2D eigenvalue weighted by molar-refractivity contribution is -0.408. The SMILES string of the molecule is CC(=O)N[C@@H]1[C@@H](O[C@@H]2O[C@@H](C)[C@@H](O)[C@@H](O)[C@@H]2O)[C@H](O[C@@H]2O[C@H](CO)[C@@H](O[C@@H]3O[C@H](CO)[C@@H](O[C@@H]4O[C@H](CO)[C@H](O)[C@H](O)[C@H]4O[C@@H]4O[C@@H](C)[C@@H](O)[C@@H](O)[C@@H]4O)[C@H](O[C@H]4O[C@H](CO)[C@@H](O)[C@H](O)[C@@H]4O)[C@@H]3O)[C@H](O)[C@H]2NC(C)=O)[C@@H](CO[C@@H]2O[C@@H](C)[C@@H](O)[C@@H](O)[C@@H]2O)O[C@H]1O. The Balaban J connectivity index is 1.13. The van der Waals surface area contributed by atoms with Gasteiger partial charge in [0, 0.05) is 13.8 Å². The van der Waals surface area contributed by atoms with Crippen LogP contribution in [0.2, 0.25) is 0 Å². The fraction of sp³-hybridized carbons (Fsp3) is 0.962. The van der Waals surface area contributed by atoms with Crippen LogP contribution in [0.5, 0.6) is 0 Å². The lowest BCUT2D eigenvalue weighted by Gasteiger charge is -2.52.